The Morgan fingerprint density at radius 1 is 1.19 bits per heavy atom. The van der Waals surface area contributed by atoms with Gasteiger partial charge in [-0.05, 0) is 42.9 Å². The minimum absolute atomic E-state index is 0.0679. The van der Waals surface area contributed by atoms with Gasteiger partial charge in [-0.1, -0.05) is 32.8 Å². The van der Waals surface area contributed by atoms with Crippen LogP contribution in [0, 0.1) is 18.8 Å². The van der Waals surface area contributed by atoms with Crippen molar-refractivity contribution < 1.29 is 27.5 Å². The summed E-state index contributed by atoms with van der Waals surface area (Å²) in [6.07, 6.45) is 3.15. The monoisotopic (exact) mass is 452 g/mol. The Balaban J connectivity index is 1.63. The molecule has 1 amide bonds. The number of morpholine rings is 1. The first-order valence-corrected chi connectivity index (χ1v) is 12.3. The quantitative estimate of drug-likeness (QED) is 0.664. The molecule has 1 aromatic rings. The maximum Gasteiger partial charge on any atom is 0.338 e. The van der Waals surface area contributed by atoms with E-state index in [4.69, 9.17) is 9.47 Å². The number of rotatable bonds is 6. The van der Waals surface area contributed by atoms with Gasteiger partial charge in [0.05, 0.1) is 23.7 Å². The van der Waals surface area contributed by atoms with E-state index in [1.54, 1.807) is 13.0 Å². The number of sulfonamides is 1. The zero-order valence-corrected chi connectivity index (χ0v) is 19.2. The van der Waals surface area contributed by atoms with Crippen molar-refractivity contribution in [2.24, 2.45) is 11.8 Å². The highest BCUT2D eigenvalue weighted by atomic mass is 32.2. The largest absolute Gasteiger partial charge is 0.452 e. The molecule has 31 heavy (non-hydrogen) atoms. The molecule has 1 saturated heterocycles. The number of aryl methyl sites for hydroxylation is 1. The van der Waals surface area contributed by atoms with Crippen LogP contribution in [0.2, 0.25) is 0 Å². The summed E-state index contributed by atoms with van der Waals surface area (Å²) in [5, 5.41) is 2.96. The predicted molar refractivity (Wildman–Crippen MR) is 115 cm³/mol. The molecule has 0 aromatic heterocycles. The van der Waals surface area contributed by atoms with E-state index in [1.165, 1.54) is 16.4 Å². The first-order chi connectivity index (χ1) is 14.7. The molecule has 1 aliphatic heterocycles. The topological polar surface area (TPSA) is 102 Å². The number of nitrogens with zero attached hydrogens (tertiary/aromatic N) is 1. The average Bonchev–Trinajstić information content (AvgIpc) is 2.76. The summed E-state index contributed by atoms with van der Waals surface area (Å²) in [6.45, 7) is 6.83. The van der Waals surface area contributed by atoms with Crippen LogP contribution in [-0.2, 0) is 24.3 Å². The van der Waals surface area contributed by atoms with Crippen molar-refractivity contribution in [3.05, 3.63) is 29.3 Å². The molecule has 9 heteroatoms. The summed E-state index contributed by atoms with van der Waals surface area (Å²) in [6, 6.07) is 4.50. The lowest BCUT2D eigenvalue weighted by atomic mass is 9.78. The lowest BCUT2D eigenvalue weighted by molar-refractivity contribution is -0.125. The van der Waals surface area contributed by atoms with E-state index in [-0.39, 0.29) is 35.5 Å². The fourth-order valence-corrected chi connectivity index (χ4v) is 5.84. The number of hydrogen-bond donors (Lipinski definition) is 1. The van der Waals surface area contributed by atoms with Crippen molar-refractivity contribution in [1.29, 1.82) is 0 Å². The van der Waals surface area contributed by atoms with Crippen LogP contribution >= 0.6 is 0 Å². The number of amides is 1. The summed E-state index contributed by atoms with van der Waals surface area (Å²) < 4.78 is 37.7. The van der Waals surface area contributed by atoms with Crippen LogP contribution in [0.1, 0.15) is 49.0 Å². The van der Waals surface area contributed by atoms with Crippen LogP contribution in [0.25, 0.3) is 0 Å². The second-order valence-corrected chi connectivity index (χ2v) is 10.4. The maximum absolute atomic E-state index is 13.0. The first-order valence-electron chi connectivity index (χ1n) is 10.8. The molecule has 1 saturated carbocycles. The highest BCUT2D eigenvalue weighted by Gasteiger charge is 2.30. The number of carbonyl (C=O) groups is 2. The lowest BCUT2D eigenvalue weighted by Gasteiger charge is -2.34. The number of nitrogens with one attached hydrogen (secondary N) is 1. The van der Waals surface area contributed by atoms with Crippen LogP contribution in [-0.4, -0.2) is 63.6 Å². The molecule has 1 heterocycles. The van der Waals surface area contributed by atoms with E-state index in [1.807, 2.05) is 0 Å². The van der Waals surface area contributed by atoms with Crippen LogP contribution < -0.4 is 5.32 Å². The van der Waals surface area contributed by atoms with Crippen LogP contribution in [0.3, 0.4) is 0 Å². The number of ether oxygens (including phenoxy) is 2. The first kappa shape index (κ1) is 23.7. The molecule has 2 aliphatic rings. The number of carbonyl (C=O) groups excluding carboxylic acids is 2. The van der Waals surface area contributed by atoms with E-state index in [2.05, 4.69) is 19.2 Å². The lowest BCUT2D eigenvalue weighted by Crippen LogP contribution is -2.45. The predicted octanol–water partition coefficient (Wildman–Crippen LogP) is 2.11. The Morgan fingerprint density at radius 3 is 2.61 bits per heavy atom. The average molecular weight is 453 g/mol. The van der Waals surface area contributed by atoms with Gasteiger partial charge in [0.2, 0.25) is 10.0 Å². The Morgan fingerprint density at radius 2 is 1.90 bits per heavy atom. The van der Waals surface area contributed by atoms with E-state index < -0.39 is 22.6 Å². The summed E-state index contributed by atoms with van der Waals surface area (Å²) in [4.78, 5) is 24.8. The molecule has 1 aliphatic carbocycles. The van der Waals surface area contributed by atoms with Gasteiger partial charge in [0.25, 0.3) is 5.91 Å². The standard InChI is InChI=1S/C22H32N2O6S/c1-15-5-4-6-19(17(15)3)23-21(25)14-30-22(26)18-8-7-16(2)20(13-18)31(27,28)24-9-11-29-12-10-24/h7-8,13,15,17,19H,4-6,9-12,14H2,1-3H3,(H,23,25)/t15-,17+,19-/m1/s1. The van der Waals surface area contributed by atoms with Crippen molar-refractivity contribution in [3.8, 4) is 0 Å². The molecule has 3 rings (SSSR count). The van der Waals surface area contributed by atoms with E-state index >= 15 is 0 Å². The van der Waals surface area contributed by atoms with E-state index in [0.717, 1.165) is 19.3 Å². The molecule has 1 aromatic carbocycles. The van der Waals surface area contributed by atoms with Crippen molar-refractivity contribution in [2.75, 3.05) is 32.9 Å². The van der Waals surface area contributed by atoms with Crippen molar-refractivity contribution in [1.82, 2.24) is 9.62 Å². The number of esters is 1. The molecule has 0 radical (unpaired) electrons. The van der Waals surface area contributed by atoms with E-state index in [0.29, 0.717) is 30.6 Å². The van der Waals surface area contributed by atoms with Crippen molar-refractivity contribution in [2.45, 2.75) is 51.0 Å². The molecule has 1 N–H and O–H groups in total. The van der Waals surface area contributed by atoms with Crippen molar-refractivity contribution >= 4 is 21.9 Å². The Labute approximate surface area is 184 Å². The molecular weight excluding hydrogens is 420 g/mol. The molecule has 2 fully saturated rings. The van der Waals surface area contributed by atoms with Gasteiger partial charge in [-0.3, -0.25) is 4.79 Å². The molecule has 172 valence electrons. The molecule has 8 nitrogen and oxygen atoms in total. The van der Waals surface area contributed by atoms with E-state index in [9.17, 15) is 18.0 Å². The van der Waals surface area contributed by atoms with Gasteiger partial charge in [0.1, 0.15) is 0 Å². The molecule has 0 bridgehead atoms. The summed E-state index contributed by atoms with van der Waals surface area (Å²) in [5.74, 6) is -0.148. The zero-order valence-electron chi connectivity index (χ0n) is 18.4. The fourth-order valence-electron chi connectivity index (χ4n) is 4.18. The van der Waals surface area contributed by atoms with Gasteiger partial charge in [-0.25, -0.2) is 13.2 Å². The van der Waals surface area contributed by atoms with Gasteiger partial charge in [-0.2, -0.15) is 4.31 Å². The number of hydrogen-bond acceptors (Lipinski definition) is 6. The van der Waals surface area contributed by atoms with Crippen LogP contribution in [0.5, 0.6) is 0 Å². The highest BCUT2D eigenvalue weighted by molar-refractivity contribution is 7.89. The molecule has 0 unspecified atom stereocenters. The highest BCUT2D eigenvalue weighted by Crippen LogP contribution is 2.29. The SMILES string of the molecule is Cc1ccc(C(=O)OCC(=O)N[C@@H]2CCC[C@@H](C)[C@@H]2C)cc1S(=O)(=O)N1CCOCC1. The maximum atomic E-state index is 13.0. The van der Waals surface area contributed by atoms with Gasteiger partial charge in [0.15, 0.2) is 6.61 Å². The summed E-state index contributed by atoms with van der Waals surface area (Å²) in [5.41, 5.74) is 0.645. The summed E-state index contributed by atoms with van der Waals surface area (Å²) in [7, 11) is -3.74. The van der Waals surface area contributed by atoms with Crippen LogP contribution in [0.4, 0.5) is 0 Å². The third-order valence-electron chi connectivity index (χ3n) is 6.40. The second-order valence-electron chi connectivity index (χ2n) is 8.51. The second kappa shape index (κ2) is 10.1. The smallest absolute Gasteiger partial charge is 0.338 e. The number of benzene rings is 1. The zero-order chi connectivity index (χ0) is 22.6. The Bertz CT molecular complexity index is 911. The normalized spacial score (nSPS) is 25.1. The van der Waals surface area contributed by atoms with Gasteiger partial charge >= 0.3 is 5.97 Å². The molecular formula is C22H32N2O6S. The van der Waals surface area contributed by atoms with Gasteiger partial charge < -0.3 is 14.8 Å². The minimum atomic E-state index is -3.74. The Hall–Kier alpha value is -1.97. The van der Waals surface area contributed by atoms with Gasteiger partial charge in [0, 0.05) is 19.1 Å². The molecule has 0 spiro atoms. The summed E-state index contributed by atoms with van der Waals surface area (Å²) >= 11 is 0. The minimum Gasteiger partial charge on any atom is -0.452 e. The van der Waals surface area contributed by atoms with Crippen LogP contribution in [0.15, 0.2) is 23.1 Å². The third kappa shape index (κ3) is 5.64. The fraction of sp³-hybridized carbons (Fsp3) is 0.636. The molecule has 3 atom stereocenters. The van der Waals surface area contributed by atoms with Gasteiger partial charge in [-0.15, -0.1) is 0 Å². The Kier molecular flexibility index (Phi) is 7.72. The third-order valence-corrected chi connectivity index (χ3v) is 8.44. The van der Waals surface area contributed by atoms with Crippen molar-refractivity contribution in [3.63, 3.8) is 0 Å².